The standard InChI is InChI=1S/C20H23N3O4S2/c1-13-3-2-4-14(7-13)8-17-10-21-20(28-17)22-19(25)15-9-18(24)23(11-15)16-5-6-29(26,27)12-16/h2-4,7,10,15-16H,5-6,8-9,11-12H2,1H3,(H,21,22,25). The number of nitrogens with zero attached hydrogens (tertiary/aromatic N) is 2. The van der Waals surface area contributed by atoms with Gasteiger partial charge in [0.1, 0.15) is 0 Å². The van der Waals surface area contributed by atoms with Gasteiger partial charge >= 0.3 is 0 Å². The summed E-state index contributed by atoms with van der Waals surface area (Å²) in [5.41, 5.74) is 2.39. The van der Waals surface area contributed by atoms with Crippen LogP contribution in [0.5, 0.6) is 0 Å². The summed E-state index contributed by atoms with van der Waals surface area (Å²) in [5.74, 6) is -0.747. The van der Waals surface area contributed by atoms with Crippen LogP contribution in [0.3, 0.4) is 0 Å². The zero-order chi connectivity index (χ0) is 20.6. The number of aromatic nitrogens is 1. The van der Waals surface area contributed by atoms with Crippen LogP contribution < -0.4 is 5.32 Å². The van der Waals surface area contributed by atoms with E-state index in [1.807, 2.05) is 6.07 Å². The Bertz CT molecular complexity index is 1050. The summed E-state index contributed by atoms with van der Waals surface area (Å²) in [7, 11) is -3.07. The number of hydrogen-bond acceptors (Lipinski definition) is 6. The number of rotatable bonds is 5. The van der Waals surface area contributed by atoms with Gasteiger partial charge in [-0.05, 0) is 18.9 Å². The topological polar surface area (TPSA) is 96.4 Å². The van der Waals surface area contributed by atoms with Gasteiger partial charge < -0.3 is 10.2 Å². The molecule has 1 N–H and O–H groups in total. The molecule has 1 aromatic carbocycles. The van der Waals surface area contributed by atoms with E-state index in [0.717, 1.165) is 11.3 Å². The maximum atomic E-state index is 12.6. The normalized spacial score (nSPS) is 23.5. The van der Waals surface area contributed by atoms with E-state index in [9.17, 15) is 18.0 Å². The first-order valence-electron chi connectivity index (χ1n) is 9.60. The van der Waals surface area contributed by atoms with E-state index in [-0.39, 0.29) is 42.3 Å². The van der Waals surface area contributed by atoms with Crippen LogP contribution in [0.2, 0.25) is 0 Å². The molecule has 9 heteroatoms. The number of amides is 2. The minimum atomic E-state index is -3.07. The van der Waals surface area contributed by atoms with Crippen molar-refractivity contribution < 1.29 is 18.0 Å². The van der Waals surface area contributed by atoms with Gasteiger partial charge in [0.05, 0.1) is 17.4 Å². The highest BCUT2D eigenvalue weighted by molar-refractivity contribution is 7.91. The van der Waals surface area contributed by atoms with Gasteiger partial charge in [-0.2, -0.15) is 0 Å². The average Bonchev–Trinajstić information content (AvgIpc) is 3.34. The van der Waals surface area contributed by atoms with Crippen molar-refractivity contribution in [1.82, 2.24) is 9.88 Å². The Hall–Kier alpha value is -2.26. The van der Waals surface area contributed by atoms with Gasteiger partial charge in [0.2, 0.25) is 11.8 Å². The molecular formula is C20H23N3O4S2. The SMILES string of the molecule is Cc1cccc(Cc2cnc(NC(=O)C3CC(=O)N(C4CCS(=O)(=O)C4)C3)s2)c1. The van der Waals surface area contributed by atoms with E-state index in [1.165, 1.54) is 22.5 Å². The molecule has 0 aliphatic carbocycles. The molecule has 1 aromatic heterocycles. The third-order valence-electron chi connectivity index (χ3n) is 5.42. The molecular weight excluding hydrogens is 410 g/mol. The lowest BCUT2D eigenvalue weighted by molar-refractivity contribution is -0.129. The summed E-state index contributed by atoms with van der Waals surface area (Å²) < 4.78 is 23.4. The van der Waals surface area contributed by atoms with Gasteiger partial charge in [0, 0.05) is 36.5 Å². The molecule has 7 nitrogen and oxygen atoms in total. The molecule has 0 radical (unpaired) electrons. The number of likely N-dealkylation sites (tertiary alicyclic amines) is 1. The summed E-state index contributed by atoms with van der Waals surface area (Å²) in [6.07, 6.45) is 3.08. The Morgan fingerprint density at radius 1 is 1.38 bits per heavy atom. The zero-order valence-electron chi connectivity index (χ0n) is 16.1. The van der Waals surface area contributed by atoms with Crippen LogP contribution in [0, 0.1) is 12.8 Å². The van der Waals surface area contributed by atoms with Crippen LogP contribution in [0.15, 0.2) is 30.5 Å². The quantitative estimate of drug-likeness (QED) is 0.778. The van der Waals surface area contributed by atoms with E-state index in [4.69, 9.17) is 0 Å². The third-order valence-corrected chi connectivity index (χ3v) is 8.09. The lowest BCUT2D eigenvalue weighted by Crippen LogP contribution is -2.38. The summed E-state index contributed by atoms with van der Waals surface area (Å²) in [6, 6.07) is 7.96. The van der Waals surface area contributed by atoms with Crippen LogP contribution in [-0.4, -0.2) is 54.2 Å². The lowest BCUT2D eigenvalue weighted by atomic mass is 10.1. The van der Waals surface area contributed by atoms with Gasteiger partial charge in [0.25, 0.3) is 0 Å². The molecule has 2 amide bonds. The summed E-state index contributed by atoms with van der Waals surface area (Å²) in [6.45, 7) is 2.32. The first-order valence-corrected chi connectivity index (χ1v) is 12.2. The molecule has 4 rings (SSSR count). The second-order valence-electron chi connectivity index (χ2n) is 7.79. The molecule has 2 atom stereocenters. The number of carbonyl (C=O) groups is 2. The molecule has 0 bridgehead atoms. The first-order chi connectivity index (χ1) is 13.8. The number of aryl methyl sites for hydroxylation is 1. The largest absolute Gasteiger partial charge is 0.338 e. The maximum Gasteiger partial charge on any atom is 0.231 e. The molecule has 0 saturated carbocycles. The zero-order valence-corrected chi connectivity index (χ0v) is 17.8. The van der Waals surface area contributed by atoms with Crippen molar-refractivity contribution in [3.63, 3.8) is 0 Å². The van der Waals surface area contributed by atoms with Crippen molar-refractivity contribution in [1.29, 1.82) is 0 Å². The molecule has 2 saturated heterocycles. The molecule has 29 heavy (non-hydrogen) atoms. The molecule has 2 aliphatic heterocycles. The van der Waals surface area contributed by atoms with Crippen LogP contribution in [0.25, 0.3) is 0 Å². The number of sulfone groups is 1. The van der Waals surface area contributed by atoms with Crippen molar-refractivity contribution in [2.24, 2.45) is 5.92 Å². The van der Waals surface area contributed by atoms with Crippen molar-refractivity contribution in [3.05, 3.63) is 46.5 Å². The van der Waals surface area contributed by atoms with Crippen molar-refractivity contribution in [2.45, 2.75) is 32.2 Å². The fourth-order valence-electron chi connectivity index (χ4n) is 3.96. The predicted octanol–water partition coefficient (Wildman–Crippen LogP) is 2.02. The number of hydrogen-bond donors (Lipinski definition) is 1. The van der Waals surface area contributed by atoms with Crippen molar-refractivity contribution in [3.8, 4) is 0 Å². The minimum Gasteiger partial charge on any atom is -0.338 e. The van der Waals surface area contributed by atoms with Crippen LogP contribution in [0.4, 0.5) is 5.13 Å². The van der Waals surface area contributed by atoms with Gasteiger partial charge in [-0.25, -0.2) is 13.4 Å². The lowest BCUT2D eigenvalue weighted by Gasteiger charge is -2.22. The highest BCUT2D eigenvalue weighted by atomic mass is 32.2. The van der Waals surface area contributed by atoms with E-state index >= 15 is 0 Å². The highest BCUT2D eigenvalue weighted by Gasteiger charge is 2.42. The first kappa shape index (κ1) is 20.0. The molecule has 3 heterocycles. The number of nitrogens with one attached hydrogen (secondary N) is 1. The van der Waals surface area contributed by atoms with E-state index < -0.39 is 15.8 Å². The number of carbonyl (C=O) groups excluding carboxylic acids is 2. The van der Waals surface area contributed by atoms with Gasteiger partial charge in [0.15, 0.2) is 15.0 Å². The Labute approximate surface area is 174 Å². The third kappa shape index (κ3) is 4.67. The Morgan fingerprint density at radius 2 is 2.21 bits per heavy atom. The Kier molecular flexibility index (Phi) is 5.44. The number of thiazole rings is 1. The highest BCUT2D eigenvalue weighted by Crippen LogP contribution is 2.28. The van der Waals surface area contributed by atoms with Crippen molar-refractivity contribution in [2.75, 3.05) is 23.4 Å². The van der Waals surface area contributed by atoms with Crippen molar-refractivity contribution >= 4 is 38.1 Å². The second kappa shape index (κ2) is 7.87. The number of anilines is 1. The predicted molar refractivity (Wildman–Crippen MR) is 112 cm³/mol. The van der Waals surface area contributed by atoms with Crippen LogP contribution in [-0.2, 0) is 25.8 Å². The molecule has 154 valence electrons. The second-order valence-corrected chi connectivity index (χ2v) is 11.1. The molecule has 0 spiro atoms. The number of benzene rings is 1. The maximum absolute atomic E-state index is 12.6. The van der Waals surface area contributed by atoms with E-state index in [0.29, 0.717) is 11.6 Å². The van der Waals surface area contributed by atoms with Gasteiger partial charge in [-0.15, -0.1) is 11.3 Å². The fourth-order valence-corrected chi connectivity index (χ4v) is 6.54. The van der Waals surface area contributed by atoms with E-state index in [1.54, 1.807) is 11.1 Å². The Balaban J connectivity index is 1.35. The summed E-state index contributed by atoms with van der Waals surface area (Å²) in [5, 5.41) is 3.34. The van der Waals surface area contributed by atoms with Crippen LogP contribution >= 0.6 is 11.3 Å². The van der Waals surface area contributed by atoms with Gasteiger partial charge in [-0.3, -0.25) is 9.59 Å². The van der Waals surface area contributed by atoms with Crippen LogP contribution in [0.1, 0.15) is 28.8 Å². The molecule has 2 aromatic rings. The monoisotopic (exact) mass is 433 g/mol. The molecule has 2 fully saturated rings. The molecule has 2 aliphatic rings. The minimum absolute atomic E-state index is 0.00186. The van der Waals surface area contributed by atoms with Gasteiger partial charge in [-0.1, -0.05) is 29.8 Å². The summed E-state index contributed by atoms with van der Waals surface area (Å²) >= 11 is 1.43. The Morgan fingerprint density at radius 3 is 2.93 bits per heavy atom. The fraction of sp³-hybridized carbons (Fsp3) is 0.450. The average molecular weight is 434 g/mol. The summed E-state index contributed by atoms with van der Waals surface area (Å²) in [4.78, 5) is 31.8. The molecule has 2 unspecified atom stereocenters. The van der Waals surface area contributed by atoms with E-state index in [2.05, 4.69) is 35.4 Å². The smallest absolute Gasteiger partial charge is 0.231 e.